The molecule has 0 radical (unpaired) electrons. The Morgan fingerprint density at radius 3 is 2.56 bits per heavy atom. The Morgan fingerprint density at radius 2 is 1.83 bits per heavy atom. The molecule has 0 aliphatic heterocycles. The predicted molar refractivity (Wildman–Crippen MR) is 72.3 cm³/mol. The maximum Gasteiger partial charge on any atom is 0.189 e. The molecule has 0 bridgehead atoms. The van der Waals surface area contributed by atoms with Gasteiger partial charge in [0.25, 0.3) is 0 Å². The fourth-order valence-corrected chi connectivity index (χ4v) is 1.58. The van der Waals surface area contributed by atoms with Crippen LogP contribution in [0.25, 0.3) is 0 Å². The monoisotopic (exact) mass is 243 g/mol. The number of hydrogen-bond donors (Lipinski definition) is 1. The molecule has 18 heavy (non-hydrogen) atoms. The van der Waals surface area contributed by atoms with E-state index in [1.165, 1.54) is 0 Å². The van der Waals surface area contributed by atoms with E-state index in [4.69, 9.17) is 15.2 Å². The van der Waals surface area contributed by atoms with Gasteiger partial charge in [-0.2, -0.15) is 0 Å². The van der Waals surface area contributed by atoms with Gasteiger partial charge in [-0.15, -0.1) is 0 Å². The first-order valence-electron chi connectivity index (χ1n) is 5.86. The molecule has 94 valence electrons. The largest absolute Gasteiger partial charge is 0.468 e. The average molecular weight is 243 g/mol. The van der Waals surface area contributed by atoms with E-state index in [0.29, 0.717) is 6.61 Å². The van der Waals surface area contributed by atoms with Gasteiger partial charge >= 0.3 is 0 Å². The summed E-state index contributed by atoms with van der Waals surface area (Å²) in [4.78, 5) is 0. The number of nitrogens with two attached hydrogens (primary N) is 1. The Bertz CT molecular complexity index is 497. The topological polar surface area (TPSA) is 44.5 Å². The molecule has 3 heteroatoms. The second-order valence-electron chi connectivity index (χ2n) is 4.11. The molecule has 0 aromatic heterocycles. The Balaban J connectivity index is 1.77. The van der Waals surface area contributed by atoms with Crippen molar-refractivity contribution in [3.05, 3.63) is 59.7 Å². The summed E-state index contributed by atoms with van der Waals surface area (Å²) in [6, 6.07) is 15.6. The highest BCUT2D eigenvalue weighted by atomic mass is 16.7. The van der Waals surface area contributed by atoms with Crippen LogP contribution in [0.3, 0.4) is 0 Å². The van der Waals surface area contributed by atoms with E-state index in [-0.39, 0.29) is 6.79 Å². The number of hydrogen-bond acceptors (Lipinski definition) is 3. The van der Waals surface area contributed by atoms with E-state index < -0.39 is 0 Å². The van der Waals surface area contributed by atoms with E-state index in [1.807, 2.05) is 55.5 Å². The molecule has 0 spiro atoms. The van der Waals surface area contributed by atoms with Gasteiger partial charge in [0.1, 0.15) is 5.75 Å². The average Bonchev–Trinajstić information content (AvgIpc) is 2.40. The molecule has 0 saturated carbocycles. The fourth-order valence-electron chi connectivity index (χ4n) is 1.58. The number of rotatable bonds is 5. The van der Waals surface area contributed by atoms with Crippen molar-refractivity contribution in [3.63, 3.8) is 0 Å². The van der Waals surface area contributed by atoms with Gasteiger partial charge in [-0.1, -0.05) is 30.3 Å². The van der Waals surface area contributed by atoms with Gasteiger partial charge in [-0.05, 0) is 36.2 Å². The summed E-state index contributed by atoms with van der Waals surface area (Å²) in [6.07, 6.45) is 0. The second-order valence-corrected chi connectivity index (χ2v) is 4.11. The number of aryl methyl sites for hydroxylation is 1. The Labute approximate surface area is 107 Å². The van der Waals surface area contributed by atoms with Gasteiger partial charge in [-0.25, -0.2) is 0 Å². The summed E-state index contributed by atoms with van der Waals surface area (Å²) < 4.78 is 10.9. The summed E-state index contributed by atoms with van der Waals surface area (Å²) in [5, 5.41) is 0. The van der Waals surface area contributed by atoms with Gasteiger partial charge in [-0.3, -0.25) is 0 Å². The molecule has 0 fully saturated rings. The van der Waals surface area contributed by atoms with Gasteiger partial charge < -0.3 is 15.2 Å². The van der Waals surface area contributed by atoms with Crippen LogP contribution in [0, 0.1) is 6.92 Å². The maximum atomic E-state index is 5.73. The van der Waals surface area contributed by atoms with Crippen LogP contribution in [0.1, 0.15) is 11.1 Å². The van der Waals surface area contributed by atoms with Gasteiger partial charge in [0.2, 0.25) is 0 Å². The van der Waals surface area contributed by atoms with Crippen LogP contribution in [0.2, 0.25) is 0 Å². The predicted octanol–water partition coefficient (Wildman–Crippen LogP) is 3.13. The van der Waals surface area contributed by atoms with Gasteiger partial charge in [0, 0.05) is 5.69 Å². The first kappa shape index (κ1) is 12.5. The lowest BCUT2D eigenvalue weighted by Crippen LogP contribution is -2.03. The number of ether oxygens (including phenoxy) is 2. The lowest BCUT2D eigenvalue weighted by Gasteiger charge is -2.08. The van der Waals surface area contributed by atoms with Crippen molar-refractivity contribution in [2.45, 2.75) is 13.5 Å². The molecule has 0 saturated heterocycles. The van der Waals surface area contributed by atoms with Crippen LogP contribution in [-0.4, -0.2) is 6.79 Å². The first-order chi connectivity index (χ1) is 8.75. The quantitative estimate of drug-likeness (QED) is 0.498. The van der Waals surface area contributed by atoms with E-state index >= 15 is 0 Å². The minimum atomic E-state index is 0.234. The summed E-state index contributed by atoms with van der Waals surface area (Å²) >= 11 is 0. The van der Waals surface area contributed by atoms with Crippen LogP contribution in [-0.2, 0) is 11.3 Å². The van der Waals surface area contributed by atoms with Crippen molar-refractivity contribution in [2.24, 2.45) is 0 Å². The Kier molecular flexibility index (Phi) is 4.20. The van der Waals surface area contributed by atoms with Crippen molar-refractivity contribution in [1.82, 2.24) is 0 Å². The molecule has 2 aromatic rings. The third-order valence-corrected chi connectivity index (χ3v) is 2.66. The molecular formula is C15H17NO2. The SMILES string of the molecule is Cc1cc(OCOCc2ccccc2)ccc1N. The normalized spacial score (nSPS) is 10.3. The second kappa shape index (κ2) is 6.07. The minimum Gasteiger partial charge on any atom is -0.468 e. The summed E-state index contributed by atoms with van der Waals surface area (Å²) in [5.74, 6) is 0.773. The highest BCUT2D eigenvalue weighted by molar-refractivity contribution is 5.49. The highest BCUT2D eigenvalue weighted by Crippen LogP contribution is 2.18. The zero-order valence-corrected chi connectivity index (χ0v) is 10.4. The molecule has 0 atom stereocenters. The first-order valence-corrected chi connectivity index (χ1v) is 5.86. The molecule has 0 heterocycles. The number of anilines is 1. The highest BCUT2D eigenvalue weighted by Gasteiger charge is 1.98. The van der Waals surface area contributed by atoms with Gasteiger partial charge in [0.05, 0.1) is 6.61 Å². The standard InChI is InChI=1S/C15H17NO2/c1-12-9-14(7-8-15(12)16)18-11-17-10-13-5-3-2-4-6-13/h2-9H,10-11,16H2,1H3. The van der Waals surface area contributed by atoms with E-state index in [9.17, 15) is 0 Å². The zero-order valence-electron chi connectivity index (χ0n) is 10.4. The van der Waals surface area contributed by atoms with Crippen LogP contribution in [0.5, 0.6) is 5.75 Å². The fraction of sp³-hybridized carbons (Fsp3) is 0.200. The molecule has 0 aliphatic carbocycles. The lowest BCUT2D eigenvalue weighted by atomic mass is 10.2. The maximum absolute atomic E-state index is 5.73. The minimum absolute atomic E-state index is 0.234. The molecule has 2 aromatic carbocycles. The summed E-state index contributed by atoms with van der Waals surface area (Å²) in [5.41, 5.74) is 8.65. The van der Waals surface area contributed by atoms with Crippen LogP contribution < -0.4 is 10.5 Å². The molecular weight excluding hydrogens is 226 g/mol. The molecule has 2 rings (SSSR count). The van der Waals surface area contributed by atoms with Crippen LogP contribution in [0.4, 0.5) is 5.69 Å². The smallest absolute Gasteiger partial charge is 0.189 e. The third kappa shape index (κ3) is 3.50. The molecule has 0 aliphatic rings. The van der Waals surface area contributed by atoms with Crippen molar-refractivity contribution in [1.29, 1.82) is 0 Å². The zero-order chi connectivity index (χ0) is 12.8. The molecule has 0 amide bonds. The molecule has 0 unspecified atom stereocenters. The molecule has 3 nitrogen and oxygen atoms in total. The summed E-state index contributed by atoms with van der Waals surface area (Å²) in [6.45, 7) is 2.74. The van der Waals surface area contributed by atoms with E-state index in [2.05, 4.69) is 0 Å². The van der Waals surface area contributed by atoms with Crippen LogP contribution in [0.15, 0.2) is 48.5 Å². The van der Waals surface area contributed by atoms with E-state index in [0.717, 1.165) is 22.6 Å². The Morgan fingerprint density at radius 1 is 1.06 bits per heavy atom. The number of nitrogen functional groups attached to an aromatic ring is 1. The van der Waals surface area contributed by atoms with Crippen LogP contribution >= 0.6 is 0 Å². The van der Waals surface area contributed by atoms with Crippen molar-refractivity contribution in [3.8, 4) is 5.75 Å². The summed E-state index contributed by atoms with van der Waals surface area (Å²) in [7, 11) is 0. The lowest BCUT2D eigenvalue weighted by molar-refractivity contribution is 0.00503. The van der Waals surface area contributed by atoms with E-state index in [1.54, 1.807) is 0 Å². The third-order valence-electron chi connectivity index (χ3n) is 2.66. The van der Waals surface area contributed by atoms with Gasteiger partial charge in [0.15, 0.2) is 6.79 Å². The Hall–Kier alpha value is -2.00. The van der Waals surface area contributed by atoms with Crippen molar-refractivity contribution < 1.29 is 9.47 Å². The van der Waals surface area contributed by atoms with Crippen molar-refractivity contribution in [2.75, 3.05) is 12.5 Å². The number of benzene rings is 2. The van der Waals surface area contributed by atoms with Crippen molar-refractivity contribution >= 4 is 5.69 Å². The molecule has 2 N–H and O–H groups in total.